The van der Waals surface area contributed by atoms with Crippen molar-refractivity contribution >= 4 is 0 Å². The molecule has 0 bridgehead atoms. The summed E-state index contributed by atoms with van der Waals surface area (Å²) < 4.78 is 13.3. The number of benzene rings is 1. The van der Waals surface area contributed by atoms with Crippen LogP contribution in [-0.2, 0) is 0 Å². The van der Waals surface area contributed by atoms with E-state index >= 15 is 0 Å². The minimum Gasteiger partial charge on any atom is -0.396 e. The van der Waals surface area contributed by atoms with Gasteiger partial charge in [-0.25, -0.2) is 4.39 Å². The van der Waals surface area contributed by atoms with Crippen molar-refractivity contribution in [3.8, 4) is 0 Å². The highest BCUT2D eigenvalue weighted by Gasteiger charge is 2.27. The lowest BCUT2D eigenvalue weighted by Crippen LogP contribution is -2.32. The molecule has 102 valence electrons. The predicted octanol–water partition coefficient (Wildman–Crippen LogP) is 3.00. The number of halogens is 1. The first-order chi connectivity index (χ1) is 8.38. The standard InChI is InChI=1S/C15H24FNO/c1-10(2)13(9-18)15(17(4)5)12-6-7-14(16)11(3)8-12/h6-8,10,13,15,18H,9H2,1-5H3. The lowest BCUT2D eigenvalue weighted by Gasteiger charge is -2.34. The van der Waals surface area contributed by atoms with E-state index in [2.05, 4.69) is 18.7 Å². The molecule has 0 heterocycles. The van der Waals surface area contributed by atoms with Gasteiger partial charge in [0, 0.05) is 18.6 Å². The smallest absolute Gasteiger partial charge is 0.126 e. The molecule has 0 aromatic heterocycles. The van der Waals surface area contributed by atoms with Crippen LogP contribution in [-0.4, -0.2) is 30.7 Å². The number of hydrogen-bond acceptors (Lipinski definition) is 2. The van der Waals surface area contributed by atoms with Gasteiger partial charge in [-0.3, -0.25) is 0 Å². The van der Waals surface area contributed by atoms with E-state index in [1.807, 2.05) is 26.2 Å². The minimum atomic E-state index is -0.179. The minimum absolute atomic E-state index is 0.106. The van der Waals surface area contributed by atoms with Crippen LogP contribution in [0.1, 0.15) is 31.0 Å². The quantitative estimate of drug-likeness (QED) is 0.872. The molecule has 3 heteroatoms. The average molecular weight is 253 g/mol. The molecule has 1 rings (SSSR count). The van der Waals surface area contributed by atoms with Crippen molar-refractivity contribution in [3.63, 3.8) is 0 Å². The Morgan fingerprint density at radius 3 is 2.28 bits per heavy atom. The fourth-order valence-electron chi connectivity index (χ4n) is 2.46. The van der Waals surface area contributed by atoms with Crippen LogP contribution in [0.15, 0.2) is 18.2 Å². The molecule has 1 aromatic rings. The summed E-state index contributed by atoms with van der Waals surface area (Å²) in [5.41, 5.74) is 1.71. The molecule has 0 amide bonds. The van der Waals surface area contributed by atoms with E-state index in [1.165, 1.54) is 6.07 Å². The highest BCUT2D eigenvalue weighted by Crippen LogP contribution is 2.32. The SMILES string of the molecule is Cc1cc(C(C(CO)C(C)C)N(C)C)ccc1F. The number of aliphatic hydroxyl groups excluding tert-OH is 1. The van der Waals surface area contributed by atoms with Gasteiger partial charge in [-0.1, -0.05) is 26.0 Å². The van der Waals surface area contributed by atoms with E-state index in [4.69, 9.17) is 0 Å². The lowest BCUT2D eigenvalue weighted by atomic mass is 9.84. The second-order valence-electron chi connectivity index (χ2n) is 5.51. The van der Waals surface area contributed by atoms with Gasteiger partial charge in [0.15, 0.2) is 0 Å². The molecule has 0 aliphatic rings. The summed E-state index contributed by atoms with van der Waals surface area (Å²) >= 11 is 0. The van der Waals surface area contributed by atoms with Gasteiger partial charge in [-0.15, -0.1) is 0 Å². The van der Waals surface area contributed by atoms with Gasteiger partial charge in [0.2, 0.25) is 0 Å². The first-order valence-electron chi connectivity index (χ1n) is 6.41. The Morgan fingerprint density at radius 2 is 1.89 bits per heavy atom. The summed E-state index contributed by atoms with van der Waals surface area (Å²) in [6.07, 6.45) is 0. The highest BCUT2D eigenvalue weighted by atomic mass is 19.1. The van der Waals surface area contributed by atoms with E-state index in [9.17, 15) is 9.50 Å². The van der Waals surface area contributed by atoms with Gasteiger partial charge in [-0.05, 0) is 44.1 Å². The monoisotopic (exact) mass is 253 g/mol. The van der Waals surface area contributed by atoms with Crippen LogP contribution < -0.4 is 0 Å². The Balaban J connectivity index is 3.15. The Bertz CT molecular complexity index is 390. The normalized spacial score (nSPS) is 15.2. The van der Waals surface area contributed by atoms with E-state index in [0.29, 0.717) is 11.5 Å². The van der Waals surface area contributed by atoms with Gasteiger partial charge in [0.25, 0.3) is 0 Å². The summed E-state index contributed by atoms with van der Waals surface area (Å²) in [6, 6.07) is 5.31. The molecule has 0 radical (unpaired) electrons. The molecule has 0 fully saturated rings. The second kappa shape index (κ2) is 6.30. The van der Waals surface area contributed by atoms with Crippen molar-refractivity contribution in [2.24, 2.45) is 11.8 Å². The van der Waals surface area contributed by atoms with Crippen LogP contribution in [0.3, 0.4) is 0 Å². The molecule has 2 nitrogen and oxygen atoms in total. The first-order valence-corrected chi connectivity index (χ1v) is 6.41. The molecule has 2 atom stereocenters. The maximum Gasteiger partial charge on any atom is 0.126 e. The van der Waals surface area contributed by atoms with E-state index < -0.39 is 0 Å². The molecule has 18 heavy (non-hydrogen) atoms. The molecule has 2 unspecified atom stereocenters. The number of hydrogen-bond donors (Lipinski definition) is 1. The third-order valence-corrected chi connectivity index (χ3v) is 3.55. The summed E-state index contributed by atoms with van der Waals surface area (Å²) in [5, 5.41) is 9.60. The summed E-state index contributed by atoms with van der Waals surface area (Å²) in [7, 11) is 3.99. The Hall–Kier alpha value is -0.930. The van der Waals surface area contributed by atoms with Crippen LogP contribution in [0.2, 0.25) is 0 Å². The van der Waals surface area contributed by atoms with Crippen LogP contribution in [0.4, 0.5) is 4.39 Å². The van der Waals surface area contributed by atoms with Crippen LogP contribution in [0.5, 0.6) is 0 Å². The van der Waals surface area contributed by atoms with E-state index in [-0.39, 0.29) is 24.4 Å². The van der Waals surface area contributed by atoms with Crippen LogP contribution >= 0.6 is 0 Å². The number of aliphatic hydroxyl groups is 1. The fourth-order valence-corrected chi connectivity index (χ4v) is 2.46. The Labute approximate surface area is 109 Å². The van der Waals surface area contributed by atoms with Crippen molar-refractivity contribution in [2.75, 3.05) is 20.7 Å². The molecule has 1 aromatic carbocycles. The molecule has 1 N–H and O–H groups in total. The third kappa shape index (κ3) is 3.30. The first kappa shape index (κ1) is 15.1. The van der Waals surface area contributed by atoms with Crippen LogP contribution in [0.25, 0.3) is 0 Å². The summed E-state index contributed by atoms with van der Waals surface area (Å²) in [4.78, 5) is 2.09. The number of rotatable bonds is 5. The zero-order valence-corrected chi connectivity index (χ0v) is 11.9. The van der Waals surface area contributed by atoms with Crippen LogP contribution in [0, 0.1) is 24.6 Å². The highest BCUT2D eigenvalue weighted by molar-refractivity contribution is 5.27. The molecule has 0 aliphatic carbocycles. The molecule has 0 spiro atoms. The predicted molar refractivity (Wildman–Crippen MR) is 73.0 cm³/mol. The van der Waals surface area contributed by atoms with Gasteiger partial charge in [-0.2, -0.15) is 0 Å². The Morgan fingerprint density at radius 1 is 1.28 bits per heavy atom. The maximum atomic E-state index is 13.3. The molecular formula is C15H24FNO. The summed E-state index contributed by atoms with van der Waals surface area (Å²) in [6.45, 7) is 6.12. The van der Waals surface area contributed by atoms with Crippen molar-refractivity contribution in [1.82, 2.24) is 4.90 Å². The topological polar surface area (TPSA) is 23.5 Å². The summed E-state index contributed by atoms with van der Waals surface area (Å²) in [5.74, 6) is 0.332. The molecule has 0 saturated carbocycles. The maximum absolute atomic E-state index is 13.3. The average Bonchev–Trinajstić information content (AvgIpc) is 2.28. The number of nitrogens with zero attached hydrogens (tertiary/aromatic N) is 1. The van der Waals surface area contributed by atoms with E-state index in [1.54, 1.807) is 6.92 Å². The van der Waals surface area contributed by atoms with Gasteiger partial charge in [0.05, 0.1) is 0 Å². The largest absolute Gasteiger partial charge is 0.396 e. The zero-order chi connectivity index (χ0) is 13.9. The zero-order valence-electron chi connectivity index (χ0n) is 11.9. The van der Waals surface area contributed by atoms with E-state index in [0.717, 1.165) is 5.56 Å². The van der Waals surface area contributed by atoms with Gasteiger partial charge in [0.1, 0.15) is 5.82 Å². The molecule has 0 saturated heterocycles. The van der Waals surface area contributed by atoms with Crippen molar-refractivity contribution < 1.29 is 9.50 Å². The fraction of sp³-hybridized carbons (Fsp3) is 0.600. The lowest BCUT2D eigenvalue weighted by molar-refractivity contribution is 0.100. The number of aryl methyl sites for hydroxylation is 1. The van der Waals surface area contributed by atoms with Crippen molar-refractivity contribution in [2.45, 2.75) is 26.8 Å². The second-order valence-corrected chi connectivity index (χ2v) is 5.51. The van der Waals surface area contributed by atoms with Crippen molar-refractivity contribution in [3.05, 3.63) is 35.1 Å². The third-order valence-electron chi connectivity index (χ3n) is 3.55. The molecular weight excluding hydrogens is 229 g/mol. The van der Waals surface area contributed by atoms with Gasteiger partial charge >= 0.3 is 0 Å². The Kier molecular flexibility index (Phi) is 5.29. The van der Waals surface area contributed by atoms with Gasteiger partial charge < -0.3 is 10.0 Å². The van der Waals surface area contributed by atoms with Crippen molar-refractivity contribution in [1.29, 1.82) is 0 Å². The molecule has 0 aliphatic heterocycles.